The van der Waals surface area contributed by atoms with Crippen LogP contribution in [-0.2, 0) is 6.54 Å². The Morgan fingerprint density at radius 1 is 1.56 bits per heavy atom. The largest absolute Gasteiger partial charge is 0.377 e. The van der Waals surface area contributed by atoms with Crippen molar-refractivity contribution in [3.05, 3.63) is 48.3 Å². The highest BCUT2D eigenvalue weighted by atomic mass is 79.9. The van der Waals surface area contributed by atoms with Crippen LogP contribution in [0.1, 0.15) is 5.01 Å². The molecule has 5 nitrogen and oxygen atoms in total. The van der Waals surface area contributed by atoms with Crippen LogP contribution in [0.4, 0.5) is 11.4 Å². The molecule has 1 N–H and O–H groups in total. The SMILES string of the molecule is O=[N+]([O-])c1ccc(Br)c(NCc2ncc(Cl)s2)c1. The summed E-state index contributed by atoms with van der Waals surface area (Å²) in [6.45, 7) is 0.469. The number of non-ortho nitro benzene ring substituents is 1. The number of aromatic nitrogens is 1. The summed E-state index contributed by atoms with van der Waals surface area (Å²) in [5, 5.41) is 14.6. The Morgan fingerprint density at radius 3 is 2.94 bits per heavy atom. The summed E-state index contributed by atoms with van der Waals surface area (Å²) < 4.78 is 1.38. The number of nitrogens with one attached hydrogen (secondary N) is 1. The summed E-state index contributed by atoms with van der Waals surface area (Å²) in [5.74, 6) is 0. The number of thiazole rings is 1. The minimum atomic E-state index is -0.433. The molecule has 0 aliphatic rings. The third-order valence-electron chi connectivity index (χ3n) is 2.12. The molecule has 8 heteroatoms. The summed E-state index contributed by atoms with van der Waals surface area (Å²) >= 11 is 10.5. The van der Waals surface area contributed by atoms with Gasteiger partial charge >= 0.3 is 0 Å². The van der Waals surface area contributed by atoms with Crippen LogP contribution in [0, 0.1) is 10.1 Å². The predicted octanol–water partition coefficient (Wildman–Crippen LogP) is 4.08. The fourth-order valence-electron chi connectivity index (χ4n) is 1.30. The topological polar surface area (TPSA) is 68.1 Å². The van der Waals surface area contributed by atoms with Crippen LogP contribution in [0.5, 0.6) is 0 Å². The van der Waals surface area contributed by atoms with Crippen molar-refractivity contribution < 1.29 is 4.92 Å². The van der Waals surface area contributed by atoms with Crippen LogP contribution < -0.4 is 5.32 Å². The summed E-state index contributed by atoms with van der Waals surface area (Å²) in [4.78, 5) is 14.3. The van der Waals surface area contributed by atoms with E-state index < -0.39 is 4.92 Å². The van der Waals surface area contributed by atoms with Crippen LogP contribution in [0.3, 0.4) is 0 Å². The van der Waals surface area contributed by atoms with E-state index in [-0.39, 0.29) is 5.69 Å². The van der Waals surface area contributed by atoms with Gasteiger partial charge < -0.3 is 5.32 Å². The molecule has 2 aromatic rings. The summed E-state index contributed by atoms with van der Waals surface area (Å²) in [6, 6.07) is 4.55. The van der Waals surface area contributed by atoms with Gasteiger partial charge in [-0.2, -0.15) is 0 Å². The molecule has 0 unspecified atom stereocenters. The molecule has 0 saturated heterocycles. The molecule has 1 aromatic carbocycles. The Morgan fingerprint density at radius 2 is 2.33 bits per heavy atom. The van der Waals surface area contributed by atoms with Crippen molar-refractivity contribution in [2.24, 2.45) is 0 Å². The second-order valence-electron chi connectivity index (χ2n) is 3.33. The average molecular weight is 349 g/mol. The van der Waals surface area contributed by atoms with Crippen LogP contribution >= 0.6 is 38.9 Å². The lowest BCUT2D eigenvalue weighted by Gasteiger charge is -2.06. The van der Waals surface area contributed by atoms with Gasteiger partial charge in [0, 0.05) is 16.6 Å². The standard InChI is InChI=1S/C10H7BrClN3O2S/c11-7-2-1-6(15(16)17)3-8(7)13-5-10-14-4-9(12)18-10/h1-4,13H,5H2. The van der Waals surface area contributed by atoms with Crippen molar-refractivity contribution in [2.45, 2.75) is 6.54 Å². The molecule has 1 aromatic heterocycles. The van der Waals surface area contributed by atoms with E-state index in [9.17, 15) is 10.1 Å². The summed E-state index contributed by atoms with van der Waals surface area (Å²) in [5.41, 5.74) is 0.688. The van der Waals surface area contributed by atoms with Gasteiger partial charge in [0.05, 0.1) is 23.4 Å². The van der Waals surface area contributed by atoms with Gasteiger partial charge in [-0.15, -0.1) is 11.3 Å². The Hall–Kier alpha value is -1.18. The number of anilines is 1. The lowest BCUT2D eigenvalue weighted by molar-refractivity contribution is -0.384. The minimum Gasteiger partial charge on any atom is -0.377 e. The highest BCUT2D eigenvalue weighted by Crippen LogP contribution is 2.28. The zero-order valence-corrected chi connectivity index (χ0v) is 12.1. The molecular formula is C10H7BrClN3O2S. The lowest BCUT2D eigenvalue weighted by atomic mass is 10.3. The third-order valence-corrected chi connectivity index (χ3v) is 3.92. The van der Waals surface area contributed by atoms with Crippen LogP contribution in [0.25, 0.3) is 0 Å². The van der Waals surface area contributed by atoms with E-state index >= 15 is 0 Å². The molecular weight excluding hydrogens is 342 g/mol. The summed E-state index contributed by atoms with van der Waals surface area (Å²) in [6.07, 6.45) is 1.58. The monoisotopic (exact) mass is 347 g/mol. The molecule has 0 saturated carbocycles. The first-order valence-electron chi connectivity index (χ1n) is 4.84. The second kappa shape index (κ2) is 5.64. The molecule has 0 aliphatic heterocycles. The average Bonchev–Trinajstić information content (AvgIpc) is 2.74. The number of rotatable bonds is 4. The zero-order chi connectivity index (χ0) is 13.1. The van der Waals surface area contributed by atoms with Gasteiger partial charge in [-0.3, -0.25) is 10.1 Å². The Bertz CT molecular complexity index is 590. The first-order valence-corrected chi connectivity index (χ1v) is 6.83. The van der Waals surface area contributed by atoms with Gasteiger partial charge in [-0.05, 0) is 22.0 Å². The number of hydrogen-bond donors (Lipinski definition) is 1. The van der Waals surface area contributed by atoms with Crippen molar-refractivity contribution >= 4 is 50.2 Å². The van der Waals surface area contributed by atoms with Crippen molar-refractivity contribution in [3.8, 4) is 0 Å². The first-order chi connectivity index (χ1) is 8.56. The maximum Gasteiger partial charge on any atom is 0.271 e. The van der Waals surface area contributed by atoms with Gasteiger partial charge in [0.25, 0.3) is 5.69 Å². The van der Waals surface area contributed by atoms with Gasteiger partial charge in [-0.1, -0.05) is 11.6 Å². The molecule has 0 fully saturated rings. The van der Waals surface area contributed by atoms with Gasteiger partial charge in [-0.25, -0.2) is 4.98 Å². The zero-order valence-electron chi connectivity index (χ0n) is 8.89. The molecule has 18 heavy (non-hydrogen) atoms. The minimum absolute atomic E-state index is 0.0397. The van der Waals surface area contributed by atoms with Crippen LogP contribution in [-0.4, -0.2) is 9.91 Å². The van der Waals surface area contributed by atoms with Crippen molar-refractivity contribution in [1.82, 2.24) is 4.98 Å². The van der Waals surface area contributed by atoms with Gasteiger partial charge in [0.15, 0.2) is 0 Å². The smallest absolute Gasteiger partial charge is 0.271 e. The van der Waals surface area contributed by atoms with E-state index in [1.165, 1.54) is 23.5 Å². The van der Waals surface area contributed by atoms with E-state index in [0.29, 0.717) is 16.6 Å². The van der Waals surface area contributed by atoms with E-state index in [1.54, 1.807) is 12.3 Å². The number of nitrogens with zero attached hydrogens (tertiary/aromatic N) is 2. The third kappa shape index (κ3) is 3.18. The molecule has 0 spiro atoms. The molecule has 1 heterocycles. The Labute approximate surface area is 120 Å². The molecule has 2 rings (SSSR count). The van der Waals surface area contributed by atoms with E-state index in [0.717, 1.165) is 9.48 Å². The molecule has 0 bridgehead atoms. The van der Waals surface area contributed by atoms with Crippen molar-refractivity contribution in [3.63, 3.8) is 0 Å². The maximum atomic E-state index is 10.7. The number of nitro benzene ring substituents is 1. The number of nitro groups is 1. The number of benzene rings is 1. The first kappa shape index (κ1) is 13.3. The van der Waals surface area contributed by atoms with E-state index in [4.69, 9.17) is 11.6 Å². The molecule has 0 aliphatic carbocycles. The van der Waals surface area contributed by atoms with Crippen molar-refractivity contribution in [2.75, 3.05) is 5.32 Å². The quantitative estimate of drug-likeness (QED) is 0.668. The fourth-order valence-corrected chi connectivity index (χ4v) is 2.59. The van der Waals surface area contributed by atoms with E-state index in [2.05, 4.69) is 26.2 Å². The molecule has 0 amide bonds. The van der Waals surface area contributed by atoms with E-state index in [1.807, 2.05) is 0 Å². The maximum absolute atomic E-state index is 10.7. The number of hydrogen-bond acceptors (Lipinski definition) is 5. The normalized spacial score (nSPS) is 10.3. The van der Waals surface area contributed by atoms with Crippen LogP contribution in [0.2, 0.25) is 4.34 Å². The molecule has 94 valence electrons. The number of halogens is 2. The Balaban J connectivity index is 2.13. The van der Waals surface area contributed by atoms with Crippen molar-refractivity contribution in [1.29, 1.82) is 0 Å². The fraction of sp³-hybridized carbons (Fsp3) is 0.100. The molecule has 0 atom stereocenters. The predicted molar refractivity (Wildman–Crippen MR) is 75.2 cm³/mol. The van der Waals surface area contributed by atoms with Crippen LogP contribution in [0.15, 0.2) is 28.9 Å². The van der Waals surface area contributed by atoms with Gasteiger partial charge in [0.2, 0.25) is 0 Å². The lowest BCUT2D eigenvalue weighted by Crippen LogP contribution is -2.00. The Kier molecular flexibility index (Phi) is 4.15. The second-order valence-corrected chi connectivity index (χ2v) is 5.93. The summed E-state index contributed by atoms with van der Waals surface area (Å²) in [7, 11) is 0. The molecule has 0 radical (unpaired) electrons. The van der Waals surface area contributed by atoms with Gasteiger partial charge in [0.1, 0.15) is 9.34 Å². The highest BCUT2D eigenvalue weighted by molar-refractivity contribution is 9.10. The highest BCUT2D eigenvalue weighted by Gasteiger charge is 2.09.